The van der Waals surface area contributed by atoms with Crippen LogP contribution in [0.1, 0.15) is 12.0 Å². The number of aliphatic imine (C=N–C) groups is 1. The molecule has 1 atom stereocenters. The number of guanidine groups is 1. The van der Waals surface area contributed by atoms with E-state index >= 15 is 0 Å². The Labute approximate surface area is 161 Å². The van der Waals surface area contributed by atoms with Gasteiger partial charge in [0.1, 0.15) is 0 Å². The van der Waals surface area contributed by atoms with Gasteiger partial charge in [0.05, 0.1) is 20.8 Å². The Kier molecular flexibility index (Phi) is 9.20. The van der Waals surface area contributed by atoms with Crippen molar-refractivity contribution in [2.75, 3.05) is 48.1 Å². The van der Waals surface area contributed by atoms with Crippen LogP contribution in [0.2, 0.25) is 0 Å². The molecule has 0 spiro atoms. The summed E-state index contributed by atoms with van der Waals surface area (Å²) in [5.74, 6) is 2.93. The lowest BCUT2D eigenvalue weighted by Gasteiger charge is -2.24. The van der Waals surface area contributed by atoms with Gasteiger partial charge in [-0.1, -0.05) is 6.07 Å². The SMILES string of the molecule is CN=C(NCc1ccc(OC)c(OC)c1)N(C)CC1CCOC1.I. The van der Waals surface area contributed by atoms with Crippen LogP contribution in [0.15, 0.2) is 23.2 Å². The number of halogens is 1. The molecule has 136 valence electrons. The Bertz CT molecular complexity index is 534. The first-order chi connectivity index (χ1) is 11.2. The van der Waals surface area contributed by atoms with Crippen molar-refractivity contribution in [2.45, 2.75) is 13.0 Å². The molecule has 1 aliphatic heterocycles. The first kappa shape index (κ1) is 20.8. The van der Waals surface area contributed by atoms with Gasteiger partial charge in [-0.05, 0) is 24.1 Å². The van der Waals surface area contributed by atoms with Gasteiger partial charge < -0.3 is 24.4 Å². The fraction of sp³-hybridized carbons (Fsp3) is 0.588. The minimum absolute atomic E-state index is 0. The molecule has 0 aromatic heterocycles. The lowest BCUT2D eigenvalue weighted by Crippen LogP contribution is -2.41. The third-order valence-electron chi connectivity index (χ3n) is 4.03. The maximum Gasteiger partial charge on any atom is 0.193 e. The number of nitrogens with one attached hydrogen (secondary N) is 1. The van der Waals surface area contributed by atoms with E-state index in [4.69, 9.17) is 14.2 Å². The number of benzene rings is 1. The molecular weight excluding hydrogens is 421 g/mol. The highest BCUT2D eigenvalue weighted by atomic mass is 127. The zero-order valence-electron chi connectivity index (χ0n) is 14.9. The Morgan fingerprint density at radius 3 is 2.67 bits per heavy atom. The number of nitrogens with zero attached hydrogens (tertiary/aromatic N) is 2. The summed E-state index contributed by atoms with van der Waals surface area (Å²) in [7, 11) is 7.14. The molecule has 0 amide bonds. The molecule has 1 saturated heterocycles. The van der Waals surface area contributed by atoms with Gasteiger partial charge in [0.25, 0.3) is 0 Å². The maximum absolute atomic E-state index is 5.44. The summed E-state index contributed by atoms with van der Waals surface area (Å²) in [6, 6.07) is 5.91. The van der Waals surface area contributed by atoms with Crippen LogP contribution in [-0.2, 0) is 11.3 Å². The summed E-state index contributed by atoms with van der Waals surface area (Å²) < 4.78 is 16.0. The van der Waals surface area contributed by atoms with E-state index in [1.54, 1.807) is 21.3 Å². The van der Waals surface area contributed by atoms with Gasteiger partial charge in [-0.15, -0.1) is 24.0 Å². The van der Waals surface area contributed by atoms with Crippen molar-refractivity contribution in [1.29, 1.82) is 0 Å². The van der Waals surface area contributed by atoms with E-state index in [1.807, 2.05) is 18.2 Å². The van der Waals surface area contributed by atoms with Crippen LogP contribution >= 0.6 is 24.0 Å². The third-order valence-corrected chi connectivity index (χ3v) is 4.03. The molecule has 6 nitrogen and oxygen atoms in total. The first-order valence-corrected chi connectivity index (χ1v) is 7.88. The Hall–Kier alpha value is -1.22. The van der Waals surface area contributed by atoms with Crippen LogP contribution in [0.3, 0.4) is 0 Å². The lowest BCUT2D eigenvalue weighted by atomic mass is 10.1. The molecule has 1 aromatic carbocycles. The average Bonchev–Trinajstić information content (AvgIpc) is 3.08. The maximum atomic E-state index is 5.44. The Morgan fingerprint density at radius 2 is 2.08 bits per heavy atom. The molecule has 7 heteroatoms. The van der Waals surface area contributed by atoms with Crippen molar-refractivity contribution in [2.24, 2.45) is 10.9 Å². The summed E-state index contributed by atoms with van der Waals surface area (Å²) in [4.78, 5) is 6.51. The summed E-state index contributed by atoms with van der Waals surface area (Å²) in [5.41, 5.74) is 1.11. The number of hydrogen-bond donors (Lipinski definition) is 1. The molecule has 1 aliphatic rings. The van der Waals surface area contributed by atoms with Crippen LogP contribution in [0.4, 0.5) is 0 Å². The fourth-order valence-electron chi connectivity index (χ4n) is 2.76. The summed E-state index contributed by atoms with van der Waals surface area (Å²) in [6.07, 6.45) is 1.12. The quantitative estimate of drug-likeness (QED) is 0.411. The van der Waals surface area contributed by atoms with Gasteiger partial charge in [0.2, 0.25) is 0 Å². The van der Waals surface area contributed by atoms with E-state index in [2.05, 4.69) is 22.3 Å². The molecule has 0 aliphatic carbocycles. The van der Waals surface area contributed by atoms with Crippen LogP contribution in [0.5, 0.6) is 11.5 Å². The van der Waals surface area contributed by atoms with Crippen molar-refractivity contribution in [3.8, 4) is 11.5 Å². The highest BCUT2D eigenvalue weighted by molar-refractivity contribution is 14.0. The highest BCUT2D eigenvalue weighted by Crippen LogP contribution is 2.27. The van der Waals surface area contributed by atoms with E-state index in [0.717, 1.165) is 49.2 Å². The molecular formula is C17H28IN3O3. The van der Waals surface area contributed by atoms with Gasteiger partial charge in [-0.2, -0.15) is 0 Å². The van der Waals surface area contributed by atoms with Crippen LogP contribution in [0.25, 0.3) is 0 Å². The Balaban J connectivity index is 0.00000288. The minimum Gasteiger partial charge on any atom is -0.493 e. The topological polar surface area (TPSA) is 55.3 Å². The molecule has 2 rings (SSSR count). The monoisotopic (exact) mass is 449 g/mol. The van der Waals surface area contributed by atoms with Crippen LogP contribution in [0, 0.1) is 5.92 Å². The van der Waals surface area contributed by atoms with Crippen molar-refractivity contribution < 1.29 is 14.2 Å². The molecule has 1 N–H and O–H groups in total. The highest BCUT2D eigenvalue weighted by Gasteiger charge is 2.19. The normalized spacial score (nSPS) is 17.2. The third kappa shape index (κ3) is 5.70. The van der Waals surface area contributed by atoms with Crippen molar-refractivity contribution in [1.82, 2.24) is 10.2 Å². The van der Waals surface area contributed by atoms with Gasteiger partial charge in [-0.25, -0.2) is 0 Å². The van der Waals surface area contributed by atoms with Crippen molar-refractivity contribution in [3.63, 3.8) is 0 Å². The molecule has 1 unspecified atom stereocenters. The van der Waals surface area contributed by atoms with E-state index in [1.165, 1.54) is 0 Å². The van der Waals surface area contributed by atoms with Gasteiger partial charge >= 0.3 is 0 Å². The van der Waals surface area contributed by atoms with Crippen molar-refractivity contribution in [3.05, 3.63) is 23.8 Å². The predicted molar refractivity (Wildman–Crippen MR) is 107 cm³/mol. The zero-order chi connectivity index (χ0) is 16.7. The second kappa shape index (κ2) is 10.6. The van der Waals surface area contributed by atoms with E-state index < -0.39 is 0 Å². The fourth-order valence-corrected chi connectivity index (χ4v) is 2.76. The Morgan fingerprint density at radius 1 is 1.33 bits per heavy atom. The van der Waals surface area contributed by atoms with E-state index in [-0.39, 0.29) is 24.0 Å². The second-order valence-corrected chi connectivity index (χ2v) is 5.70. The van der Waals surface area contributed by atoms with Gasteiger partial charge in [0, 0.05) is 39.7 Å². The minimum atomic E-state index is 0. The van der Waals surface area contributed by atoms with Crippen LogP contribution in [-0.4, -0.2) is 58.9 Å². The average molecular weight is 449 g/mol. The predicted octanol–water partition coefficient (Wildman–Crippen LogP) is 2.37. The largest absolute Gasteiger partial charge is 0.493 e. The molecule has 0 bridgehead atoms. The molecule has 1 aromatic rings. The smallest absolute Gasteiger partial charge is 0.193 e. The van der Waals surface area contributed by atoms with Crippen LogP contribution < -0.4 is 14.8 Å². The zero-order valence-corrected chi connectivity index (χ0v) is 17.2. The molecule has 0 saturated carbocycles. The van der Waals surface area contributed by atoms with E-state index in [0.29, 0.717) is 12.5 Å². The number of methoxy groups -OCH3 is 2. The number of rotatable bonds is 6. The van der Waals surface area contributed by atoms with Gasteiger partial charge in [0.15, 0.2) is 17.5 Å². The van der Waals surface area contributed by atoms with E-state index in [9.17, 15) is 0 Å². The summed E-state index contributed by atoms with van der Waals surface area (Å²) in [6.45, 7) is 3.34. The van der Waals surface area contributed by atoms with Gasteiger partial charge in [-0.3, -0.25) is 4.99 Å². The first-order valence-electron chi connectivity index (χ1n) is 7.88. The molecule has 1 heterocycles. The molecule has 0 radical (unpaired) electrons. The summed E-state index contributed by atoms with van der Waals surface area (Å²) >= 11 is 0. The molecule has 1 fully saturated rings. The molecule has 24 heavy (non-hydrogen) atoms. The standard InChI is InChI=1S/C17H27N3O3.HI/c1-18-17(20(2)11-14-7-8-23-12-14)19-10-13-5-6-15(21-3)16(9-13)22-4;/h5-6,9,14H,7-8,10-12H2,1-4H3,(H,18,19);1H. The number of hydrogen-bond acceptors (Lipinski definition) is 4. The lowest BCUT2D eigenvalue weighted by molar-refractivity contribution is 0.181. The number of ether oxygens (including phenoxy) is 3. The summed E-state index contributed by atoms with van der Waals surface area (Å²) in [5, 5.41) is 3.39. The second-order valence-electron chi connectivity index (χ2n) is 5.70. The van der Waals surface area contributed by atoms with Crippen molar-refractivity contribution >= 4 is 29.9 Å².